The van der Waals surface area contributed by atoms with Crippen molar-refractivity contribution in [2.45, 2.75) is 19.8 Å². The normalized spacial score (nSPS) is 10.3. The minimum absolute atomic E-state index is 0.632. The fraction of sp³-hybridized carbons (Fsp3) is 0.364. The lowest BCUT2D eigenvalue weighted by Gasteiger charge is -2.08. The monoisotopic (exact) mass is 218 g/mol. The van der Waals surface area contributed by atoms with E-state index in [1.165, 1.54) is 0 Å². The molecule has 5 nitrogen and oxygen atoms in total. The van der Waals surface area contributed by atoms with E-state index in [2.05, 4.69) is 27.5 Å². The van der Waals surface area contributed by atoms with Crippen molar-refractivity contribution in [2.75, 3.05) is 6.61 Å². The highest BCUT2D eigenvalue weighted by Gasteiger charge is 2.08. The molecule has 5 heteroatoms. The fourth-order valence-electron chi connectivity index (χ4n) is 1.39. The molecular formula is C11H14N4O. The average molecular weight is 218 g/mol. The van der Waals surface area contributed by atoms with Crippen molar-refractivity contribution in [1.29, 1.82) is 0 Å². The molecule has 0 aliphatic carbocycles. The molecule has 0 saturated heterocycles. The number of H-pyrrole nitrogens is 1. The second-order valence-electron chi connectivity index (χ2n) is 3.45. The summed E-state index contributed by atoms with van der Waals surface area (Å²) in [4.78, 5) is 0. The van der Waals surface area contributed by atoms with Crippen molar-refractivity contribution in [2.24, 2.45) is 0 Å². The Labute approximate surface area is 93.8 Å². The Morgan fingerprint density at radius 2 is 2.19 bits per heavy atom. The summed E-state index contributed by atoms with van der Waals surface area (Å²) in [5.74, 6) is 1.45. The number of aromatic amines is 1. The Bertz CT molecular complexity index is 427. The Hall–Kier alpha value is -1.91. The largest absolute Gasteiger partial charge is 0.493 e. The highest BCUT2D eigenvalue weighted by molar-refractivity contribution is 5.63. The predicted octanol–water partition coefficient (Wildman–Crippen LogP) is 2.05. The second kappa shape index (κ2) is 5.25. The predicted molar refractivity (Wildman–Crippen MR) is 60.0 cm³/mol. The summed E-state index contributed by atoms with van der Waals surface area (Å²) in [6.45, 7) is 2.85. The fourth-order valence-corrected chi connectivity index (χ4v) is 1.39. The molecule has 1 aromatic heterocycles. The minimum Gasteiger partial charge on any atom is -0.493 e. The van der Waals surface area contributed by atoms with Crippen molar-refractivity contribution in [3.63, 3.8) is 0 Å². The molecule has 2 rings (SSSR count). The number of para-hydroxylation sites is 1. The third kappa shape index (κ3) is 2.36. The van der Waals surface area contributed by atoms with E-state index in [4.69, 9.17) is 4.74 Å². The summed E-state index contributed by atoms with van der Waals surface area (Å²) in [5, 5.41) is 13.7. The first kappa shape index (κ1) is 10.6. The van der Waals surface area contributed by atoms with Crippen LogP contribution in [0, 0.1) is 0 Å². The first-order valence-corrected chi connectivity index (χ1v) is 5.37. The van der Waals surface area contributed by atoms with Gasteiger partial charge in [-0.3, -0.25) is 0 Å². The zero-order chi connectivity index (χ0) is 11.2. The summed E-state index contributed by atoms with van der Waals surface area (Å²) in [6, 6.07) is 7.73. The number of ether oxygens (including phenoxy) is 1. The standard InChI is InChI=1S/C11H14N4O/c1-2-3-8-16-10-7-5-4-6-9(10)11-12-14-15-13-11/h4-7H,2-3,8H2,1H3,(H,12,13,14,15). The third-order valence-corrected chi connectivity index (χ3v) is 2.24. The van der Waals surface area contributed by atoms with Gasteiger partial charge in [0.05, 0.1) is 12.2 Å². The molecule has 0 amide bonds. The lowest BCUT2D eigenvalue weighted by molar-refractivity contribution is 0.310. The summed E-state index contributed by atoms with van der Waals surface area (Å²) >= 11 is 0. The smallest absolute Gasteiger partial charge is 0.183 e. The summed E-state index contributed by atoms with van der Waals surface area (Å²) in [5.41, 5.74) is 0.892. The average Bonchev–Trinajstić information content (AvgIpc) is 2.83. The molecule has 1 aromatic carbocycles. The molecule has 84 valence electrons. The van der Waals surface area contributed by atoms with E-state index in [-0.39, 0.29) is 0 Å². The van der Waals surface area contributed by atoms with Crippen LogP contribution in [-0.4, -0.2) is 27.2 Å². The molecule has 16 heavy (non-hydrogen) atoms. The Balaban J connectivity index is 2.18. The van der Waals surface area contributed by atoms with Crippen LogP contribution in [0.1, 0.15) is 19.8 Å². The number of unbranched alkanes of at least 4 members (excludes halogenated alkanes) is 1. The molecule has 0 fully saturated rings. The molecule has 0 aliphatic rings. The molecule has 0 aliphatic heterocycles. The maximum Gasteiger partial charge on any atom is 0.183 e. The highest BCUT2D eigenvalue weighted by atomic mass is 16.5. The van der Waals surface area contributed by atoms with Gasteiger partial charge in [0.15, 0.2) is 5.82 Å². The van der Waals surface area contributed by atoms with Gasteiger partial charge in [0.25, 0.3) is 0 Å². The molecule has 0 atom stereocenters. The van der Waals surface area contributed by atoms with E-state index in [9.17, 15) is 0 Å². The van der Waals surface area contributed by atoms with E-state index in [1.807, 2.05) is 24.3 Å². The van der Waals surface area contributed by atoms with Gasteiger partial charge in [-0.05, 0) is 29.0 Å². The van der Waals surface area contributed by atoms with Crippen molar-refractivity contribution in [3.8, 4) is 17.1 Å². The first-order chi connectivity index (χ1) is 7.92. The zero-order valence-corrected chi connectivity index (χ0v) is 9.18. The van der Waals surface area contributed by atoms with Crippen LogP contribution in [-0.2, 0) is 0 Å². The number of hydrogen-bond donors (Lipinski definition) is 1. The topological polar surface area (TPSA) is 63.7 Å². The van der Waals surface area contributed by atoms with Crippen LogP contribution in [0.15, 0.2) is 24.3 Å². The zero-order valence-electron chi connectivity index (χ0n) is 9.18. The summed E-state index contributed by atoms with van der Waals surface area (Å²) in [6.07, 6.45) is 2.16. The van der Waals surface area contributed by atoms with Gasteiger partial charge in [0.1, 0.15) is 5.75 Å². The number of nitrogens with zero attached hydrogens (tertiary/aromatic N) is 3. The molecule has 1 N–H and O–H groups in total. The maximum absolute atomic E-state index is 5.69. The van der Waals surface area contributed by atoms with Crippen LogP contribution in [0.4, 0.5) is 0 Å². The highest BCUT2D eigenvalue weighted by Crippen LogP contribution is 2.26. The molecule has 0 bridgehead atoms. The third-order valence-electron chi connectivity index (χ3n) is 2.24. The van der Waals surface area contributed by atoms with Crippen LogP contribution in [0.5, 0.6) is 5.75 Å². The quantitative estimate of drug-likeness (QED) is 0.780. The molecule has 2 aromatic rings. The summed E-state index contributed by atoms with van der Waals surface area (Å²) < 4.78 is 5.69. The number of nitrogens with one attached hydrogen (secondary N) is 1. The van der Waals surface area contributed by atoms with Crippen molar-refractivity contribution < 1.29 is 4.74 Å². The maximum atomic E-state index is 5.69. The minimum atomic E-state index is 0.632. The molecular weight excluding hydrogens is 204 g/mol. The summed E-state index contributed by atoms with van der Waals surface area (Å²) in [7, 11) is 0. The van der Waals surface area contributed by atoms with Crippen LogP contribution < -0.4 is 4.74 Å². The van der Waals surface area contributed by atoms with Gasteiger partial charge in [0, 0.05) is 0 Å². The van der Waals surface area contributed by atoms with Gasteiger partial charge in [-0.15, -0.1) is 5.10 Å². The number of tetrazole rings is 1. The molecule has 1 heterocycles. The molecule has 0 radical (unpaired) electrons. The SMILES string of the molecule is CCCCOc1ccccc1-c1nnn[nH]1. The molecule has 0 saturated carbocycles. The van der Waals surface area contributed by atoms with Crippen molar-refractivity contribution in [3.05, 3.63) is 24.3 Å². The number of benzene rings is 1. The number of hydrogen-bond acceptors (Lipinski definition) is 4. The molecule has 0 spiro atoms. The van der Waals surface area contributed by atoms with Crippen molar-refractivity contribution in [1.82, 2.24) is 20.6 Å². The van der Waals surface area contributed by atoms with Gasteiger partial charge in [0.2, 0.25) is 0 Å². The second-order valence-corrected chi connectivity index (χ2v) is 3.45. The van der Waals surface area contributed by atoms with Crippen LogP contribution in [0.25, 0.3) is 11.4 Å². The van der Waals surface area contributed by atoms with Gasteiger partial charge >= 0.3 is 0 Å². The Morgan fingerprint density at radius 1 is 1.31 bits per heavy atom. The Morgan fingerprint density at radius 3 is 2.94 bits per heavy atom. The van der Waals surface area contributed by atoms with E-state index >= 15 is 0 Å². The van der Waals surface area contributed by atoms with Gasteiger partial charge in [-0.1, -0.05) is 25.5 Å². The van der Waals surface area contributed by atoms with E-state index < -0.39 is 0 Å². The number of rotatable bonds is 5. The molecule has 0 unspecified atom stereocenters. The first-order valence-electron chi connectivity index (χ1n) is 5.37. The number of aromatic nitrogens is 4. The van der Waals surface area contributed by atoms with E-state index in [0.29, 0.717) is 5.82 Å². The van der Waals surface area contributed by atoms with Gasteiger partial charge in [-0.2, -0.15) is 0 Å². The Kier molecular flexibility index (Phi) is 3.48. The van der Waals surface area contributed by atoms with Crippen LogP contribution in [0.2, 0.25) is 0 Å². The lowest BCUT2D eigenvalue weighted by atomic mass is 10.2. The lowest BCUT2D eigenvalue weighted by Crippen LogP contribution is -1.98. The van der Waals surface area contributed by atoms with Gasteiger partial charge in [-0.25, -0.2) is 5.10 Å². The van der Waals surface area contributed by atoms with E-state index in [0.717, 1.165) is 30.8 Å². The van der Waals surface area contributed by atoms with Crippen molar-refractivity contribution >= 4 is 0 Å². The van der Waals surface area contributed by atoms with Gasteiger partial charge < -0.3 is 4.74 Å². The van der Waals surface area contributed by atoms with E-state index in [1.54, 1.807) is 0 Å². The van der Waals surface area contributed by atoms with Crippen LogP contribution >= 0.6 is 0 Å². The van der Waals surface area contributed by atoms with Crippen LogP contribution in [0.3, 0.4) is 0 Å².